The Hall–Kier alpha value is -3.55. The van der Waals surface area contributed by atoms with Crippen LogP contribution in [0.1, 0.15) is 59.7 Å². The van der Waals surface area contributed by atoms with E-state index in [9.17, 15) is 14.4 Å². The molecule has 2 aromatic rings. The van der Waals surface area contributed by atoms with E-state index in [1.165, 1.54) is 0 Å². The number of rotatable bonds is 1. The number of fused-ring (bicyclic) bond motifs is 5. The number of anilines is 3. The molecule has 0 saturated carbocycles. The Morgan fingerprint density at radius 1 is 0.909 bits per heavy atom. The molecule has 0 aromatic heterocycles. The Bertz CT molecular complexity index is 1100. The molecule has 172 valence electrons. The fraction of sp³-hybridized carbons (Fsp3) is 0.400. The maximum atomic E-state index is 13.2. The largest absolute Gasteiger partial charge is 0.352 e. The van der Waals surface area contributed by atoms with Crippen LogP contribution >= 0.6 is 0 Å². The van der Waals surface area contributed by atoms with Crippen LogP contribution in [0.25, 0.3) is 0 Å². The fourth-order valence-corrected chi connectivity index (χ4v) is 4.98. The summed E-state index contributed by atoms with van der Waals surface area (Å²) in [5, 5.41) is 9.50. The summed E-state index contributed by atoms with van der Waals surface area (Å²) in [6.07, 6.45) is 3.65. The molecule has 5 rings (SSSR count). The molecule has 3 aliphatic rings. The molecule has 8 heteroatoms. The van der Waals surface area contributed by atoms with E-state index in [0.29, 0.717) is 30.6 Å². The molecule has 3 amide bonds. The third kappa shape index (κ3) is 4.01. The van der Waals surface area contributed by atoms with Gasteiger partial charge in [0.2, 0.25) is 5.91 Å². The average Bonchev–Trinajstić information content (AvgIpc) is 3.41. The first-order valence-corrected chi connectivity index (χ1v) is 11.7. The summed E-state index contributed by atoms with van der Waals surface area (Å²) in [4.78, 5) is 42.2. The predicted octanol–water partition coefficient (Wildman–Crippen LogP) is 3.06. The van der Waals surface area contributed by atoms with Gasteiger partial charge in [-0.3, -0.25) is 14.4 Å². The lowest BCUT2D eigenvalue weighted by atomic mass is 10.1. The van der Waals surface area contributed by atoms with Gasteiger partial charge in [0.1, 0.15) is 0 Å². The van der Waals surface area contributed by atoms with E-state index < -0.39 is 6.29 Å². The molecule has 33 heavy (non-hydrogen) atoms. The number of hydrogen-bond donors (Lipinski definition) is 3. The second-order valence-electron chi connectivity index (χ2n) is 8.93. The lowest BCUT2D eigenvalue weighted by Crippen LogP contribution is -2.53. The summed E-state index contributed by atoms with van der Waals surface area (Å²) >= 11 is 0. The van der Waals surface area contributed by atoms with Crippen molar-refractivity contribution in [3.05, 3.63) is 53.6 Å². The molecule has 2 bridgehead atoms. The van der Waals surface area contributed by atoms with Crippen LogP contribution in [0.4, 0.5) is 17.1 Å². The van der Waals surface area contributed by atoms with E-state index >= 15 is 0 Å². The molecule has 1 unspecified atom stereocenters. The number of amides is 3. The Labute approximate surface area is 193 Å². The number of para-hydroxylation sites is 1. The Kier molecular flexibility index (Phi) is 5.66. The number of nitrogens with one attached hydrogen (secondary N) is 3. The molecular weight excluding hydrogens is 418 g/mol. The average molecular weight is 448 g/mol. The number of benzene rings is 2. The SMILES string of the molecule is C[C@H]1CCCCNC(=O)c2cccc(c2)C(=O)NC2Nc3cccc(N4CCCC4=O)c3N21. The first-order valence-electron chi connectivity index (χ1n) is 11.7. The summed E-state index contributed by atoms with van der Waals surface area (Å²) < 4.78 is 0. The second kappa shape index (κ2) is 8.77. The van der Waals surface area contributed by atoms with Crippen LogP contribution in [-0.2, 0) is 4.79 Å². The normalized spacial score (nSPS) is 23.2. The van der Waals surface area contributed by atoms with Crippen LogP contribution in [0, 0.1) is 0 Å². The highest BCUT2D eigenvalue weighted by Gasteiger charge is 2.37. The topological polar surface area (TPSA) is 93.8 Å². The summed E-state index contributed by atoms with van der Waals surface area (Å²) in [7, 11) is 0. The van der Waals surface area contributed by atoms with Crippen molar-refractivity contribution in [1.82, 2.24) is 10.6 Å². The monoisotopic (exact) mass is 447 g/mol. The molecule has 0 radical (unpaired) electrons. The van der Waals surface area contributed by atoms with E-state index in [4.69, 9.17) is 0 Å². The third-order valence-electron chi connectivity index (χ3n) is 6.67. The van der Waals surface area contributed by atoms with Crippen molar-refractivity contribution in [2.45, 2.75) is 51.4 Å². The van der Waals surface area contributed by atoms with Crippen molar-refractivity contribution in [3.63, 3.8) is 0 Å². The van der Waals surface area contributed by atoms with Gasteiger partial charge in [0, 0.05) is 36.7 Å². The van der Waals surface area contributed by atoms with E-state index in [-0.39, 0.29) is 23.8 Å². The maximum absolute atomic E-state index is 13.2. The summed E-state index contributed by atoms with van der Waals surface area (Å²) in [5.41, 5.74) is 3.66. The van der Waals surface area contributed by atoms with Gasteiger partial charge in [-0.25, -0.2) is 0 Å². The minimum atomic E-state index is -0.457. The summed E-state index contributed by atoms with van der Waals surface area (Å²) in [5.74, 6) is -0.288. The molecule has 3 heterocycles. The van der Waals surface area contributed by atoms with Gasteiger partial charge in [-0.2, -0.15) is 0 Å². The van der Waals surface area contributed by atoms with Crippen molar-refractivity contribution in [3.8, 4) is 0 Å². The van der Waals surface area contributed by atoms with Crippen molar-refractivity contribution < 1.29 is 14.4 Å². The molecule has 0 aliphatic carbocycles. The quantitative estimate of drug-likeness (QED) is 0.625. The van der Waals surface area contributed by atoms with Crippen molar-refractivity contribution in [2.24, 2.45) is 0 Å². The Morgan fingerprint density at radius 3 is 2.48 bits per heavy atom. The molecule has 2 aromatic carbocycles. The molecule has 3 aliphatic heterocycles. The highest BCUT2D eigenvalue weighted by Crippen LogP contribution is 2.44. The van der Waals surface area contributed by atoms with Crippen LogP contribution in [0.3, 0.4) is 0 Å². The lowest BCUT2D eigenvalue weighted by Gasteiger charge is -2.35. The zero-order valence-corrected chi connectivity index (χ0v) is 18.8. The Morgan fingerprint density at radius 2 is 1.70 bits per heavy atom. The summed E-state index contributed by atoms with van der Waals surface area (Å²) in [6.45, 7) is 3.44. The first-order chi connectivity index (χ1) is 16.0. The molecule has 1 fully saturated rings. The smallest absolute Gasteiger partial charge is 0.254 e. The standard InChI is InChI=1S/C25H29N5O3/c1-16-7-2-3-13-26-23(32)17-8-4-9-18(15-17)24(33)28-25-27-19-10-5-11-20(22(19)30(16)25)29-14-6-12-21(29)31/h4-5,8-11,15-16,25,27H,2-3,6-7,12-14H2,1H3,(H,26,32)(H,28,33)/t16-,25?/m0/s1. The van der Waals surface area contributed by atoms with Crippen LogP contribution < -0.4 is 25.8 Å². The van der Waals surface area contributed by atoms with Crippen molar-refractivity contribution >= 4 is 34.8 Å². The van der Waals surface area contributed by atoms with Gasteiger partial charge in [-0.05, 0) is 62.9 Å². The van der Waals surface area contributed by atoms with E-state index in [2.05, 4.69) is 27.8 Å². The maximum Gasteiger partial charge on any atom is 0.254 e. The zero-order chi connectivity index (χ0) is 22.9. The first kappa shape index (κ1) is 21.3. The molecule has 3 N–H and O–H groups in total. The van der Waals surface area contributed by atoms with E-state index in [1.54, 1.807) is 24.3 Å². The zero-order valence-electron chi connectivity index (χ0n) is 18.8. The third-order valence-corrected chi connectivity index (χ3v) is 6.67. The minimum Gasteiger partial charge on any atom is -0.352 e. The predicted molar refractivity (Wildman–Crippen MR) is 127 cm³/mol. The van der Waals surface area contributed by atoms with Crippen molar-refractivity contribution in [1.29, 1.82) is 0 Å². The van der Waals surface area contributed by atoms with Gasteiger partial charge < -0.3 is 25.8 Å². The highest BCUT2D eigenvalue weighted by atomic mass is 16.2. The molecule has 1 saturated heterocycles. The number of nitrogens with zero attached hydrogens (tertiary/aromatic N) is 2. The number of carbonyl (C=O) groups is 3. The van der Waals surface area contributed by atoms with Gasteiger partial charge in [0.25, 0.3) is 11.8 Å². The van der Waals surface area contributed by atoms with Gasteiger partial charge in [0.05, 0.1) is 17.1 Å². The van der Waals surface area contributed by atoms with E-state index in [0.717, 1.165) is 42.7 Å². The van der Waals surface area contributed by atoms with Crippen LogP contribution in [0.2, 0.25) is 0 Å². The summed E-state index contributed by atoms with van der Waals surface area (Å²) in [6, 6.07) is 12.8. The van der Waals surface area contributed by atoms with E-state index in [1.807, 2.05) is 23.1 Å². The van der Waals surface area contributed by atoms with Crippen LogP contribution in [-0.4, -0.2) is 43.1 Å². The minimum absolute atomic E-state index is 0.105. The second-order valence-corrected chi connectivity index (χ2v) is 8.93. The number of hydrogen-bond acceptors (Lipinski definition) is 5. The fourth-order valence-electron chi connectivity index (χ4n) is 4.98. The van der Waals surface area contributed by atoms with Gasteiger partial charge >= 0.3 is 0 Å². The molecule has 8 nitrogen and oxygen atoms in total. The molecule has 0 spiro atoms. The van der Waals surface area contributed by atoms with Crippen LogP contribution in [0.15, 0.2) is 42.5 Å². The van der Waals surface area contributed by atoms with Crippen LogP contribution in [0.5, 0.6) is 0 Å². The van der Waals surface area contributed by atoms with Crippen molar-refractivity contribution in [2.75, 3.05) is 28.2 Å². The van der Waals surface area contributed by atoms with Gasteiger partial charge in [-0.15, -0.1) is 0 Å². The molecule has 2 atom stereocenters. The lowest BCUT2D eigenvalue weighted by molar-refractivity contribution is -0.117. The van der Waals surface area contributed by atoms with Gasteiger partial charge in [-0.1, -0.05) is 12.1 Å². The number of carbonyl (C=O) groups excluding carboxylic acids is 3. The highest BCUT2D eigenvalue weighted by molar-refractivity contribution is 6.03. The Balaban J connectivity index is 1.52. The molecular formula is C25H29N5O3. The van der Waals surface area contributed by atoms with Gasteiger partial charge in [0.15, 0.2) is 6.29 Å².